The lowest BCUT2D eigenvalue weighted by Gasteiger charge is -2.12. The molecule has 110 valence electrons. The molecule has 0 unspecified atom stereocenters. The number of methoxy groups -OCH3 is 2. The van der Waals surface area contributed by atoms with Crippen LogP contribution in [0.25, 0.3) is 0 Å². The lowest BCUT2D eigenvalue weighted by molar-refractivity contribution is 0.0987. The van der Waals surface area contributed by atoms with Crippen LogP contribution in [0.3, 0.4) is 0 Å². The molecule has 21 heavy (non-hydrogen) atoms. The number of ether oxygens (including phenoxy) is 2. The Morgan fingerprint density at radius 1 is 1.19 bits per heavy atom. The minimum Gasteiger partial charge on any atom is -0.507 e. The zero-order valence-corrected chi connectivity index (χ0v) is 12.5. The first-order valence-electron chi connectivity index (χ1n) is 6.28. The van der Waals surface area contributed by atoms with Gasteiger partial charge >= 0.3 is 0 Å². The van der Waals surface area contributed by atoms with E-state index in [1.165, 1.54) is 20.3 Å². The van der Waals surface area contributed by atoms with E-state index >= 15 is 0 Å². The molecule has 0 radical (unpaired) electrons. The Balaban J connectivity index is 2.37. The summed E-state index contributed by atoms with van der Waals surface area (Å²) < 4.78 is 10.2. The first-order valence-corrected chi connectivity index (χ1v) is 6.66. The molecule has 2 aromatic carbocycles. The monoisotopic (exact) mass is 306 g/mol. The van der Waals surface area contributed by atoms with Crippen LogP contribution in [0.4, 0.5) is 0 Å². The van der Waals surface area contributed by atoms with E-state index in [1.807, 2.05) is 0 Å². The van der Waals surface area contributed by atoms with Gasteiger partial charge in [0.15, 0.2) is 5.78 Å². The minimum absolute atomic E-state index is 0.0793. The predicted molar refractivity (Wildman–Crippen MR) is 80.7 cm³/mol. The van der Waals surface area contributed by atoms with E-state index in [1.54, 1.807) is 30.3 Å². The van der Waals surface area contributed by atoms with Crippen LogP contribution in [0.2, 0.25) is 5.02 Å². The number of rotatable bonds is 5. The summed E-state index contributed by atoms with van der Waals surface area (Å²) in [5.74, 6) is 0.228. The van der Waals surface area contributed by atoms with Gasteiger partial charge in [0.05, 0.1) is 14.2 Å². The third kappa shape index (κ3) is 3.28. The van der Waals surface area contributed by atoms with Crippen molar-refractivity contribution in [3.8, 4) is 17.2 Å². The Morgan fingerprint density at radius 2 is 1.90 bits per heavy atom. The minimum atomic E-state index is -0.278. The Morgan fingerprint density at radius 3 is 2.52 bits per heavy atom. The van der Waals surface area contributed by atoms with Gasteiger partial charge in [-0.25, -0.2) is 0 Å². The van der Waals surface area contributed by atoms with Crippen molar-refractivity contribution >= 4 is 17.4 Å². The Hall–Kier alpha value is -2.20. The first kappa shape index (κ1) is 15.2. The summed E-state index contributed by atoms with van der Waals surface area (Å²) in [5.41, 5.74) is 0.819. The molecule has 0 fully saturated rings. The molecule has 0 aliphatic heterocycles. The highest BCUT2D eigenvalue weighted by Crippen LogP contribution is 2.34. The van der Waals surface area contributed by atoms with Crippen LogP contribution >= 0.6 is 11.6 Å². The van der Waals surface area contributed by atoms with Gasteiger partial charge in [-0.1, -0.05) is 29.8 Å². The van der Waals surface area contributed by atoms with Crippen LogP contribution in [-0.4, -0.2) is 25.1 Å². The van der Waals surface area contributed by atoms with E-state index in [0.717, 1.165) is 0 Å². The second-order valence-electron chi connectivity index (χ2n) is 4.42. The normalized spacial score (nSPS) is 10.2. The summed E-state index contributed by atoms with van der Waals surface area (Å²) in [6.07, 6.45) is 0.0793. The van der Waals surface area contributed by atoms with E-state index in [0.29, 0.717) is 16.3 Å². The third-order valence-electron chi connectivity index (χ3n) is 3.10. The van der Waals surface area contributed by atoms with Gasteiger partial charge in [-0.3, -0.25) is 4.79 Å². The van der Waals surface area contributed by atoms with Crippen molar-refractivity contribution in [1.29, 1.82) is 0 Å². The number of carbonyl (C=O) groups excluding carboxylic acids is 1. The number of carbonyl (C=O) groups is 1. The van der Waals surface area contributed by atoms with Crippen LogP contribution in [0.5, 0.6) is 17.2 Å². The van der Waals surface area contributed by atoms with Crippen LogP contribution in [-0.2, 0) is 6.42 Å². The molecule has 2 rings (SSSR count). The standard InChI is InChI=1S/C16H15ClO4/c1-20-11-8-14(19)16(15(9-11)21-2)13(18)7-10-5-3-4-6-12(10)17/h3-6,8-9,19H,7H2,1-2H3. The van der Waals surface area contributed by atoms with Crippen molar-refractivity contribution in [3.05, 3.63) is 52.5 Å². The molecular weight excluding hydrogens is 292 g/mol. The maximum Gasteiger partial charge on any atom is 0.174 e. The fourth-order valence-electron chi connectivity index (χ4n) is 2.04. The number of phenolic OH excluding ortho intramolecular Hbond substituents is 1. The molecule has 0 heterocycles. The van der Waals surface area contributed by atoms with Gasteiger partial charge in [0, 0.05) is 23.6 Å². The number of Topliss-reactive ketones (excluding diaryl/α,β-unsaturated/α-hetero) is 1. The largest absolute Gasteiger partial charge is 0.507 e. The number of hydrogen-bond acceptors (Lipinski definition) is 4. The van der Waals surface area contributed by atoms with Crippen molar-refractivity contribution in [3.63, 3.8) is 0 Å². The number of ketones is 1. The predicted octanol–water partition coefficient (Wildman–Crippen LogP) is 3.49. The first-order chi connectivity index (χ1) is 10.1. The fraction of sp³-hybridized carbons (Fsp3) is 0.188. The highest BCUT2D eigenvalue weighted by Gasteiger charge is 2.20. The van der Waals surface area contributed by atoms with Gasteiger partial charge < -0.3 is 14.6 Å². The van der Waals surface area contributed by atoms with Crippen LogP contribution < -0.4 is 9.47 Å². The summed E-state index contributed by atoms with van der Waals surface area (Å²) in [4.78, 5) is 12.4. The molecule has 0 aromatic heterocycles. The zero-order valence-electron chi connectivity index (χ0n) is 11.7. The molecule has 0 saturated carbocycles. The van der Waals surface area contributed by atoms with Gasteiger partial charge in [-0.2, -0.15) is 0 Å². The fourth-order valence-corrected chi connectivity index (χ4v) is 2.24. The summed E-state index contributed by atoms with van der Waals surface area (Å²) in [5, 5.41) is 10.6. The maximum absolute atomic E-state index is 12.4. The highest BCUT2D eigenvalue weighted by molar-refractivity contribution is 6.31. The molecule has 2 aromatic rings. The Labute approximate surface area is 127 Å². The molecule has 0 aliphatic carbocycles. The molecule has 0 amide bonds. The number of halogens is 1. The average Bonchev–Trinajstić information content (AvgIpc) is 2.48. The zero-order chi connectivity index (χ0) is 15.4. The number of phenols is 1. The van der Waals surface area contributed by atoms with Crippen molar-refractivity contribution < 1.29 is 19.4 Å². The van der Waals surface area contributed by atoms with Crippen molar-refractivity contribution in [2.75, 3.05) is 14.2 Å². The molecule has 0 bridgehead atoms. The van der Waals surface area contributed by atoms with Gasteiger partial charge in [0.2, 0.25) is 0 Å². The van der Waals surface area contributed by atoms with E-state index in [2.05, 4.69) is 0 Å². The summed E-state index contributed by atoms with van der Waals surface area (Å²) in [7, 11) is 2.90. The summed E-state index contributed by atoms with van der Waals surface area (Å²) in [6.45, 7) is 0. The Bertz CT molecular complexity index is 667. The second kappa shape index (κ2) is 6.50. The van der Waals surface area contributed by atoms with Crippen LogP contribution in [0.1, 0.15) is 15.9 Å². The molecular formula is C16H15ClO4. The van der Waals surface area contributed by atoms with E-state index in [9.17, 15) is 9.90 Å². The number of benzene rings is 2. The lowest BCUT2D eigenvalue weighted by atomic mass is 10.0. The molecule has 0 saturated heterocycles. The molecule has 0 aliphatic rings. The van der Waals surface area contributed by atoms with Gasteiger partial charge in [-0.05, 0) is 11.6 Å². The van der Waals surface area contributed by atoms with E-state index < -0.39 is 0 Å². The van der Waals surface area contributed by atoms with Crippen molar-refractivity contribution in [2.45, 2.75) is 6.42 Å². The molecule has 0 atom stereocenters. The smallest absolute Gasteiger partial charge is 0.174 e. The molecule has 0 spiro atoms. The molecule has 1 N–H and O–H groups in total. The van der Waals surface area contributed by atoms with Gasteiger partial charge in [-0.15, -0.1) is 0 Å². The average molecular weight is 307 g/mol. The van der Waals surface area contributed by atoms with E-state index in [4.69, 9.17) is 21.1 Å². The van der Waals surface area contributed by atoms with Gasteiger partial charge in [0.25, 0.3) is 0 Å². The SMILES string of the molecule is COc1cc(O)c(C(=O)Cc2ccccc2Cl)c(OC)c1. The summed E-state index contributed by atoms with van der Waals surface area (Å²) in [6, 6.07) is 10.0. The van der Waals surface area contributed by atoms with Crippen LogP contribution in [0, 0.1) is 0 Å². The molecule has 4 nitrogen and oxygen atoms in total. The molecule has 5 heteroatoms. The van der Waals surface area contributed by atoms with Crippen molar-refractivity contribution in [2.24, 2.45) is 0 Å². The second-order valence-corrected chi connectivity index (χ2v) is 4.82. The lowest BCUT2D eigenvalue weighted by Crippen LogP contribution is -2.07. The highest BCUT2D eigenvalue weighted by atomic mass is 35.5. The third-order valence-corrected chi connectivity index (χ3v) is 3.47. The Kier molecular flexibility index (Phi) is 4.70. The maximum atomic E-state index is 12.4. The number of hydrogen-bond donors (Lipinski definition) is 1. The summed E-state index contributed by atoms with van der Waals surface area (Å²) >= 11 is 6.05. The number of aromatic hydroxyl groups is 1. The topological polar surface area (TPSA) is 55.8 Å². The van der Waals surface area contributed by atoms with E-state index in [-0.39, 0.29) is 29.3 Å². The van der Waals surface area contributed by atoms with Gasteiger partial charge in [0.1, 0.15) is 22.8 Å². The van der Waals surface area contributed by atoms with Crippen molar-refractivity contribution in [1.82, 2.24) is 0 Å². The quantitative estimate of drug-likeness (QED) is 0.859. The van der Waals surface area contributed by atoms with Crippen LogP contribution in [0.15, 0.2) is 36.4 Å².